The Morgan fingerprint density at radius 3 is 2.37 bits per heavy atom. The van der Waals surface area contributed by atoms with Crippen molar-refractivity contribution in [3.63, 3.8) is 0 Å². The van der Waals surface area contributed by atoms with E-state index in [1.807, 2.05) is 0 Å². The second-order valence-corrected chi connectivity index (χ2v) is 5.90. The third-order valence-electron chi connectivity index (χ3n) is 2.67. The SMILES string of the molecule is CC(O)c1cccc(NS(=O)(=O)c2ccccc2)c1. The second-order valence-electron chi connectivity index (χ2n) is 4.22. The van der Waals surface area contributed by atoms with Crippen LogP contribution in [-0.4, -0.2) is 13.5 Å². The zero-order valence-electron chi connectivity index (χ0n) is 10.4. The van der Waals surface area contributed by atoms with Crippen LogP contribution in [0.3, 0.4) is 0 Å². The molecule has 5 heteroatoms. The summed E-state index contributed by atoms with van der Waals surface area (Å²) >= 11 is 0. The van der Waals surface area contributed by atoms with Gasteiger partial charge in [0, 0.05) is 5.69 Å². The minimum absolute atomic E-state index is 0.206. The molecule has 2 rings (SSSR count). The van der Waals surface area contributed by atoms with Crippen LogP contribution in [0.1, 0.15) is 18.6 Å². The maximum Gasteiger partial charge on any atom is 0.261 e. The van der Waals surface area contributed by atoms with Gasteiger partial charge in [-0.1, -0.05) is 30.3 Å². The van der Waals surface area contributed by atoms with Gasteiger partial charge in [0.25, 0.3) is 10.0 Å². The van der Waals surface area contributed by atoms with Gasteiger partial charge in [-0.2, -0.15) is 0 Å². The predicted molar refractivity (Wildman–Crippen MR) is 74.3 cm³/mol. The van der Waals surface area contributed by atoms with Gasteiger partial charge in [-0.05, 0) is 36.8 Å². The van der Waals surface area contributed by atoms with Gasteiger partial charge in [0.1, 0.15) is 0 Å². The van der Waals surface area contributed by atoms with Crippen molar-refractivity contribution < 1.29 is 13.5 Å². The van der Waals surface area contributed by atoms with Crippen molar-refractivity contribution in [3.8, 4) is 0 Å². The van der Waals surface area contributed by atoms with Crippen LogP contribution in [0.5, 0.6) is 0 Å². The van der Waals surface area contributed by atoms with Gasteiger partial charge < -0.3 is 5.11 Å². The fourth-order valence-corrected chi connectivity index (χ4v) is 2.75. The average molecular weight is 277 g/mol. The van der Waals surface area contributed by atoms with Crippen LogP contribution in [0.4, 0.5) is 5.69 Å². The van der Waals surface area contributed by atoms with Crippen LogP contribution in [0, 0.1) is 0 Å². The van der Waals surface area contributed by atoms with Crippen molar-refractivity contribution in [2.45, 2.75) is 17.9 Å². The van der Waals surface area contributed by atoms with E-state index in [4.69, 9.17) is 0 Å². The smallest absolute Gasteiger partial charge is 0.261 e. The summed E-state index contributed by atoms with van der Waals surface area (Å²) in [5.41, 5.74) is 1.09. The van der Waals surface area contributed by atoms with Crippen molar-refractivity contribution >= 4 is 15.7 Å². The van der Waals surface area contributed by atoms with Crippen LogP contribution in [0.15, 0.2) is 59.5 Å². The van der Waals surface area contributed by atoms with Crippen molar-refractivity contribution in [3.05, 3.63) is 60.2 Å². The topological polar surface area (TPSA) is 66.4 Å². The van der Waals surface area contributed by atoms with Gasteiger partial charge in [-0.3, -0.25) is 4.72 Å². The lowest BCUT2D eigenvalue weighted by Crippen LogP contribution is -2.13. The molecule has 0 aliphatic carbocycles. The third-order valence-corrected chi connectivity index (χ3v) is 4.07. The highest BCUT2D eigenvalue weighted by molar-refractivity contribution is 7.92. The lowest BCUT2D eigenvalue weighted by molar-refractivity contribution is 0.199. The summed E-state index contributed by atoms with van der Waals surface area (Å²) in [6, 6.07) is 14.9. The molecule has 4 nitrogen and oxygen atoms in total. The standard InChI is InChI=1S/C14H15NO3S/c1-11(16)12-6-5-7-13(10-12)15-19(17,18)14-8-3-2-4-9-14/h2-11,15-16H,1H3. The number of nitrogens with one attached hydrogen (secondary N) is 1. The summed E-state index contributed by atoms with van der Waals surface area (Å²) in [6.07, 6.45) is -0.638. The molecule has 0 aliphatic heterocycles. The Morgan fingerprint density at radius 2 is 1.74 bits per heavy atom. The molecule has 0 aromatic heterocycles. The molecule has 0 radical (unpaired) electrons. The highest BCUT2D eigenvalue weighted by Gasteiger charge is 2.13. The zero-order chi connectivity index (χ0) is 13.9. The summed E-state index contributed by atoms with van der Waals surface area (Å²) in [6.45, 7) is 1.63. The molecule has 0 spiro atoms. The zero-order valence-corrected chi connectivity index (χ0v) is 11.3. The Hall–Kier alpha value is -1.85. The molecule has 100 valence electrons. The average Bonchev–Trinajstić information content (AvgIpc) is 2.39. The molecule has 1 atom stereocenters. The molecule has 1 unspecified atom stereocenters. The number of aliphatic hydroxyl groups excluding tert-OH is 1. The monoisotopic (exact) mass is 277 g/mol. The van der Waals surface area contributed by atoms with E-state index in [0.717, 1.165) is 0 Å². The summed E-state index contributed by atoms with van der Waals surface area (Å²) < 4.78 is 26.7. The summed E-state index contributed by atoms with van der Waals surface area (Å²) in [4.78, 5) is 0.206. The van der Waals surface area contributed by atoms with E-state index in [9.17, 15) is 13.5 Å². The fourth-order valence-electron chi connectivity index (χ4n) is 1.68. The summed E-state index contributed by atoms with van der Waals surface area (Å²) in [5.74, 6) is 0. The third kappa shape index (κ3) is 3.33. The predicted octanol–water partition coefficient (Wildman–Crippen LogP) is 2.54. The number of sulfonamides is 1. The maximum absolute atomic E-state index is 12.1. The van der Waals surface area contributed by atoms with E-state index in [1.54, 1.807) is 49.4 Å². The molecule has 19 heavy (non-hydrogen) atoms. The Labute approximate surface area is 112 Å². The van der Waals surface area contributed by atoms with Crippen LogP contribution in [0.2, 0.25) is 0 Å². The van der Waals surface area contributed by atoms with Crippen LogP contribution >= 0.6 is 0 Å². The van der Waals surface area contributed by atoms with E-state index >= 15 is 0 Å². The van der Waals surface area contributed by atoms with Crippen molar-refractivity contribution in [2.75, 3.05) is 4.72 Å². The highest BCUT2D eigenvalue weighted by atomic mass is 32.2. The molecule has 2 N–H and O–H groups in total. The molecule has 2 aromatic carbocycles. The van der Waals surface area contributed by atoms with Gasteiger partial charge in [0.15, 0.2) is 0 Å². The molecular weight excluding hydrogens is 262 g/mol. The molecule has 0 fully saturated rings. The van der Waals surface area contributed by atoms with Gasteiger partial charge in [0.05, 0.1) is 11.0 Å². The Bertz CT molecular complexity index is 651. The molecule has 0 aliphatic rings. The van der Waals surface area contributed by atoms with Crippen LogP contribution in [0.25, 0.3) is 0 Å². The number of aliphatic hydroxyl groups is 1. The first kappa shape index (κ1) is 13.6. The van der Waals surface area contributed by atoms with Gasteiger partial charge in [-0.25, -0.2) is 8.42 Å². The Kier molecular flexibility index (Phi) is 3.87. The van der Waals surface area contributed by atoms with E-state index in [0.29, 0.717) is 11.3 Å². The first-order valence-electron chi connectivity index (χ1n) is 5.85. The van der Waals surface area contributed by atoms with Crippen LogP contribution < -0.4 is 4.72 Å². The highest BCUT2D eigenvalue weighted by Crippen LogP contribution is 2.20. The van der Waals surface area contributed by atoms with E-state index in [2.05, 4.69) is 4.72 Å². The van der Waals surface area contributed by atoms with Crippen molar-refractivity contribution in [2.24, 2.45) is 0 Å². The van der Waals surface area contributed by atoms with Gasteiger partial charge in [0.2, 0.25) is 0 Å². The van der Waals surface area contributed by atoms with E-state index < -0.39 is 16.1 Å². The number of hydrogen-bond acceptors (Lipinski definition) is 3. The Morgan fingerprint density at radius 1 is 1.05 bits per heavy atom. The largest absolute Gasteiger partial charge is 0.389 e. The molecule has 0 amide bonds. The number of hydrogen-bond donors (Lipinski definition) is 2. The second kappa shape index (κ2) is 5.42. The molecular formula is C14H15NO3S. The number of anilines is 1. The Balaban J connectivity index is 2.29. The van der Waals surface area contributed by atoms with Gasteiger partial charge >= 0.3 is 0 Å². The number of rotatable bonds is 4. The first-order valence-corrected chi connectivity index (χ1v) is 7.33. The molecule has 0 saturated carbocycles. The first-order chi connectivity index (χ1) is 8.99. The molecule has 0 saturated heterocycles. The minimum Gasteiger partial charge on any atom is -0.389 e. The van der Waals surface area contributed by atoms with Crippen LogP contribution in [-0.2, 0) is 10.0 Å². The quantitative estimate of drug-likeness (QED) is 0.902. The van der Waals surface area contributed by atoms with Crippen molar-refractivity contribution in [1.29, 1.82) is 0 Å². The molecule has 0 heterocycles. The molecule has 0 bridgehead atoms. The normalized spacial score (nSPS) is 12.9. The van der Waals surface area contributed by atoms with E-state index in [-0.39, 0.29) is 4.90 Å². The van der Waals surface area contributed by atoms with Crippen molar-refractivity contribution in [1.82, 2.24) is 0 Å². The maximum atomic E-state index is 12.1. The summed E-state index contributed by atoms with van der Waals surface area (Å²) in [7, 11) is -3.59. The van der Waals surface area contributed by atoms with Gasteiger partial charge in [-0.15, -0.1) is 0 Å². The lowest BCUT2D eigenvalue weighted by atomic mass is 10.1. The lowest BCUT2D eigenvalue weighted by Gasteiger charge is -2.10. The number of benzene rings is 2. The fraction of sp³-hybridized carbons (Fsp3) is 0.143. The summed E-state index contributed by atoms with van der Waals surface area (Å²) in [5, 5.41) is 9.49. The molecule has 2 aromatic rings. The minimum atomic E-state index is -3.59. The van der Waals surface area contributed by atoms with E-state index in [1.165, 1.54) is 12.1 Å².